The molecule has 2 N–H and O–H groups in total. The molecule has 3 aromatic rings. The molecule has 0 radical (unpaired) electrons. The third-order valence-corrected chi connectivity index (χ3v) is 4.66. The maximum absolute atomic E-state index is 12.7. The standard InChI is InChI=1S/C21H22F3N3O/c1-13-17(10-11-27(2)3)18-12-16(8-9-19(18)25-13)26-20(28)14-4-6-15(7-5-14)21(22,23)24/h4-9,12,25H,10-11H2,1-3H3,(H,26,28). The summed E-state index contributed by atoms with van der Waals surface area (Å²) in [4.78, 5) is 17.9. The van der Waals surface area contributed by atoms with E-state index < -0.39 is 17.6 Å². The molecule has 0 unspecified atom stereocenters. The van der Waals surface area contributed by atoms with Crippen molar-refractivity contribution in [3.8, 4) is 0 Å². The molecule has 0 saturated heterocycles. The van der Waals surface area contributed by atoms with Crippen LogP contribution in [0.5, 0.6) is 0 Å². The van der Waals surface area contributed by atoms with Crippen LogP contribution < -0.4 is 5.32 Å². The zero-order valence-corrected chi connectivity index (χ0v) is 15.9. The molecule has 0 fully saturated rings. The number of fused-ring (bicyclic) bond motifs is 1. The van der Waals surface area contributed by atoms with Crippen molar-refractivity contribution in [2.24, 2.45) is 0 Å². The summed E-state index contributed by atoms with van der Waals surface area (Å²) in [5, 5.41) is 3.80. The lowest BCUT2D eigenvalue weighted by Gasteiger charge is -2.10. The molecule has 1 amide bonds. The van der Waals surface area contributed by atoms with Crippen molar-refractivity contribution >= 4 is 22.5 Å². The molecule has 1 aromatic heterocycles. The molecule has 2 aromatic carbocycles. The minimum atomic E-state index is -4.42. The van der Waals surface area contributed by atoms with E-state index >= 15 is 0 Å². The third kappa shape index (κ3) is 4.36. The maximum atomic E-state index is 12.7. The van der Waals surface area contributed by atoms with Crippen molar-refractivity contribution in [3.05, 3.63) is 64.8 Å². The lowest BCUT2D eigenvalue weighted by Crippen LogP contribution is -2.15. The predicted molar refractivity (Wildman–Crippen MR) is 105 cm³/mol. The van der Waals surface area contributed by atoms with Gasteiger partial charge in [-0.05, 0) is 75.5 Å². The number of hydrogen-bond donors (Lipinski definition) is 2. The Balaban J connectivity index is 1.81. The molecule has 0 aliphatic heterocycles. The zero-order valence-electron chi connectivity index (χ0n) is 15.9. The van der Waals surface area contributed by atoms with Gasteiger partial charge in [0.05, 0.1) is 5.56 Å². The lowest BCUT2D eigenvalue weighted by atomic mass is 10.1. The van der Waals surface area contributed by atoms with Gasteiger partial charge >= 0.3 is 6.18 Å². The van der Waals surface area contributed by atoms with E-state index in [1.165, 1.54) is 17.7 Å². The van der Waals surface area contributed by atoms with Gasteiger partial charge in [-0.1, -0.05) is 0 Å². The number of aryl methyl sites for hydroxylation is 1. The number of carbonyl (C=O) groups is 1. The van der Waals surface area contributed by atoms with Gasteiger partial charge in [-0.2, -0.15) is 13.2 Å². The number of nitrogens with zero attached hydrogens (tertiary/aromatic N) is 1. The van der Waals surface area contributed by atoms with Crippen LogP contribution in [-0.2, 0) is 12.6 Å². The molecule has 28 heavy (non-hydrogen) atoms. The number of hydrogen-bond acceptors (Lipinski definition) is 2. The van der Waals surface area contributed by atoms with Gasteiger partial charge in [0.15, 0.2) is 0 Å². The Morgan fingerprint density at radius 2 is 1.79 bits per heavy atom. The van der Waals surface area contributed by atoms with E-state index in [1.54, 1.807) is 6.07 Å². The fourth-order valence-corrected chi connectivity index (χ4v) is 3.13. The summed E-state index contributed by atoms with van der Waals surface area (Å²) in [6.07, 6.45) is -3.55. The van der Waals surface area contributed by atoms with Gasteiger partial charge in [-0.3, -0.25) is 4.79 Å². The second kappa shape index (κ2) is 7.67. The van der Waals surface area contributed by atoms with Gasteiger partial charge in [0.1, 0.15) is 0 Å². The van der Waals surface area contributed by atoms with E-state index in [-0.39, 0.29) is 5.56 Å². The fraction of sp³-hybridized carbons (Fsp3) is 0.286. The van der Waals surface area contributed by atoms with Crippen molar-refractivity contribution < 1.29 is 18.0 Å². The van der Waals surface area contributed by atoms with Crippen molar-refractivity contribution in [3.63, 3.8) is 0 Å². The van der Waals surface area contributed by atoms with Crippen molar-refractivity contribution in [1.82, 2.24) is 9.88 Å². The van der Waals surface area contributed by atoms with E-state index in [2.05, 4.69) is 15.2 Å². The number of amides is 1. The van der Waals surface area contributed by atoms with E-state index in [0.717, 1.165) is 41.7 Å². The molecule has 0 bridgehead atoms. The predicted octanol–water partition coefficient (Wildman–Crippen LogP) is 4.85. The molecular formula is C21H22F3N3O. The van der Waals surface area contributed by atoms with Gasteiger partial charge in [0, 0.05) is 34.4 Å². The Labute approximate surface area is 161 Å². The Hall–Kier alpha value is -2.80. The number of H-pyrrole nitrogens is 1. The number of aromatic nitrogens is 1. The molecule has 7 heteroatoms. The minimum absolute atomic E-state index is 0.172. The van der Waals surface area contributed by atoms with Crippen LogP contribution in [-0.4, -0.2) is 36.4 Å². The van der Waals surface area contributed by atoms with Crippen molar-refractivity contribution in [2.45, 2.75) is 19.5 Å². The van der Waals surface area contributed by atoms with Crippen LogP contribution >= 0.6 is 0 Å². The van der Waals surface area contributed by atoms with E-state index in [9.17, 15) is 18.0 Å². The minimum Gasteiger partial charge on any atom is -0.358 e. The first kappa shape index (κ1) is 19.9. The molecule has 0 spiro atoms. The SMILES string of the molecule is Cc1[nH]c2ccc(NC(=O)c3ccc(C(F)(F)F)cc3)cc2c1CCN(C)C. The Morgan fingerprint density at radius 3 is 2.39 bits per heavy atom. The van der Waals surface area contributed by atoms with Crippen molar-refractivity contribution in [2.75, 3.05) is 26.0 Å². The largest absolute Gasteiger partial charge is 0.416 e. The quantitative estimate of drug-likeness (QED) is 0.655. The number of anilines is 1. The van der Waals surface area contributed by atoms with Gasteiger partial charge in [0.25, 0.3) is 5.91 Å². The normalized spacial score (nSPS) is 12.0. The molecule has 148 valence electrons. The summed E-state index contributed by atoms with van der Waals surface area (Å²) < 4.78 is 38.0. The van der Waals surface area contributed by atoms with Crippen LogP contribution in [0.2, 0.25) is 0 Å². The first-order chi connectivity index (χ1) is 13.1. The summed E-state index contributed by atoms with van der Waals surface area (Å²) in [5.41, 5.74) is 3.25. The summed E-state index contributed by atoms with van der Waals surface area (Å²) in [6, 6.07) is 9.74. The second-order valence-corrected chi connectivity index (χ2v) is 7.07. The topological polar surface area (TPSA) is 48.1 Å². The molecule has 0 aliphatic rings. The van der Waals surface area contributed by atoms with Gasteiger partial charge in [0.2, 0.25) is 0 Å². The van der Waals surface area contributed by atoms with Crippen molar-refractivity contribution in [1.29, 1.82) is 0 Å². The number of carbonyl (C=O) groups excluding carboxylic acids is 1. The number of nitrogens with one attached hydrogen (secondary N) is 2. The molecule has 0 aliphatic carbocycles. The number of halogens is 3. The van der Waals surface area contributed by atoms with Gasteiger partial charge in [-0.25, -0.2) is 0 Å². The third-order valence-electron chi connectivity index (χ3n) is 4.66. The molecule has 3 rings (SSSR count). The van der Waals surface area contributed by atoms with E-state index in [1.807, 2.05) is 33.2 Å². The first-order valence-corrected chi connectivity index (χ1v) is 8.89. The first-order valence-electron chi connectivity index (χ1n) is 8.89. The smallest absolute Gasteiger partial charge is 0.358 e. The maximum Gasteiger partial charge on any atom is 0.416 e. The molecule has 4 nitrogen and oxygen atoms in total. The lowest BCUT2D eigenvalue weighted by molar-refractivity contribution is -0.137. The second-order valence-electron chi connectivity index (χ2n) is 7.07. The molecule has 1 heterocycles. The van der Waals surface area contributed by atoms with Crippen LogP contribution in [0.3, 0.4) is 0 Å². The Kier molecular flexibility index (Phi) is 5.47. The van der Waals surface area contributed by atoms with Crippen LogP contribution in [0.4, 0.5) is 18.9 Å². The number of alkyl halides is 3. The summed E-state index contributed by atoms with van der Waals surface area (Å²) in [5.74, 6) is -0.449. The highest BCUT2D eigenvalue weighted by atomic mass is 19.4. The molecule has 0 saturated carbocycles. The molecule has 0 atom stereocenters. The number of benzene rings is 2. The number of rotatable bonds is 5. The molecular weight excluding hydrogens is 367 g/mol. The zero-order chi connectivity index (χ0) is 20.5. The monoisotopic (exact) mass is 389 g/mol. The van der Waals surface area contributed by atoms with Gasteiger partial charge in [-0.15, -0.1) is 0 Å². The van der Waals surface area contributed by atoms with Crippen LogP contribution in [0.1, 0.15) is 27.2 Å². The number of aromatic amines is 1. The van der Waals surface area contributed by atoms with Crippen LogP contribution in [0.15, 0.2) is 42.5 Å². The Morgan fingerprint density at radius 1 is 1.11 bits per heavy atom. The van der Waals surface area contributed by atoms with E-state index in [4.69, 9.17) is 0 Å². The summed E-state index contributed by atoms with van der Waals surface area (Å²) in [7, 11) is 4.03. The summed E-state index contributed by atoms with van der Waals surface area (Å²) >= 11 is 0. The highest BCUT2D eigenvalue weighted by Gasteiger charge is 2.30. The van der Waals surface area contributed by atoms with Crippen LogP contribution in [0, 0.1) is 6.92 Å². The van der Waals surface area contributed by atoms with Gasteiger partial charge < -0.3 is 15.2 Å². The van der Waals surface area contributed by atoms with Crippen LogP contribution in [0.25, 0.3) is 10.9 Å². The fourth-order valence-electron chi connectivity index (χ4n) is 3.13. The Bertz CT molecular complexity index is 989. The van der Waals surface area contributed by atoms with E-state index in [0.29, 0.717) is 5.69 Å². The summed E-state index contributed by atoms with van der Waals surface area (Å²) in [6.45, 7) is 2.92. The average molecular weight is 389 g/mol. The average Bonchev–Trinajstić information content (AvgIpc) is 2.94. The number of likely N-dealkylation sites (N-methyl/N-ethyl adjacent to an activating group) is 1. The highest BCUT2D eigenvalue weighted by Crippen LogP contribution is 2.29. The highest BCUT2D eigenvalue weighted by molar-refractivity contribution is 6.05.